The summed E-state index contributed by atoms with van der Waals surface area (Å²) in [4.78, 5) is 20.7. The fraction of sp³-hybridized carbons (Fsp3) is 0.435. The molecule has 0 aliphatic carbocycles. The summed E-state index contributed by atoms with van der Waals surface area (Å²) in [5, 5.41) is 10.7. The van der Waals surface area contributed by atoms with E-state index in [2.05, 4.69) is 54.6 Å². The Bertz CT molecular complexity index is 1230. The topological polar surface area (TPSA) is 99.7 Å². The normalized spacial score (nSPS) is 18.8. The van der Waals surface area contributed by atoms with Gasteiger partial charge in [-0.1, -0.05) is 34.6 Å². The molecule has 7 heteroatoms. The molecule has 0 saturated carbocycles. The molecule has 1 aliphatic rings. The molecular formula is C23H27N5O2. The van der Waals surface area contributed by atoms with Gasteiger partial charge in [-0.3, -0.25) is 0 Å². The molecule has 156 valence electrons. The Morgan fingerprint density at radius 1 is 1.13 bits per heavy atom. The Labute approximate surface area is 174 Å². The highest BCUT2D eigenvalue weighted by Crippen LogP contribution is 2.45. The maximum atomic E-state index is 10.7. The number of rotatable bonds is 4. The van der Waals surface area contributed by atoms with E-state index in [1.165, 1.54) is 0 Å². The predicted octanol–water partition coefficient (Wildman–Crippen LogP) is 4.95. The number of aromatic hydroxyl groups is 1. The number of phenols is 1. The van der Waals surface area contributed by atoms with Crippen LogP contribution in [0.15, 0.2) is 18.2 Å². The molecule has 30 heavy (non-hydrogen) atoms. The third kappa shape index (κ3) is 2.68. The van der Waals surface area contributed by atoms with E-state index in [4.69, 9.17) is 9.72 Å². The molecule has 0 amide bonds. The molecule has 0 saturated heterocycles. The Morgan fingerprint density at radius 2 is 1.93 bits per heavy atom. The van der Waals surface area contributed by atoms with Gasteiger partial charge in [0.2, 0.25) is 0 Å². The van der Waals surface area contributed by atoms with Crippen molar-refractivity contribution in [2.24, 2.45) is 0 Å². The molecular weight excluding hydrogens is 378 g/mol. The monoisotopic (exact) mass is 405 g/mol. The summed E-state index contributed by atoms with van der Waals surface area (Å²) in [6.07, 6.45) is 1.92. The number of nitrogens with one attached hydrogen (secondary N) is 2. The van der Waals surface area contributed by atoms with Gasteiger partial charge in [0.25, 0.3) is 0 Å². The van der Waals surface area contributed by atoms with Crippen molar-refractivity contribution in [1.29, 1.82) is 0 Å². The van der Waals surface area contributed by atoms with Crippen LogP contribution in [0.4, 0.5) is 0 Å². The Balaban J connectivity index is 1.59. The molecule has 0 spiro atoms. The lowest BCUT2D eigenvalue weighted by molar-refractivity contribution is 0.273. The van der Waals surface area contributed by atoms with Gasteiger partial charge in [0.05, 0.1) is 17.7 Å². The van der Waals surface area contributed by atoms with Gasteiger partial charge in [-0.15, -0.1) is 0 Å². The molecule has 3 N–H and O–H groups in total. The van der Waals surface area contributed by atoms with E-state index in [1.54, 1.807) is 0 Å². The Morgan fingerprint density at radius 3 is 2.67 bits per heavy atom. The van der Waals surface area contributed by atoms with E-state index >= 15 is 0 Å². The molecule has 1 aromatic carbocycles. The number of benzene rings is 1. The van der Waals surface area contributed by atoms with Gasteiger partial charge < -0.3 is 19.8 Å². The van der Waals surface area contributed by atoms with Gasteiger partial charge in [-0.2, -0.15) is 0 Å². The molecule has 1 unspecified atom stereocenters. The lowest BCUT2D eigenvalue weighted by Gasteiger charge is -2.20. The highest BCUT2D eigenvalue weighted by Gasteiger charge is 2.36. The standard InChI is InChI=1S/C23H27N5O2/c1-6-22(3,4)21-25-15-10-14-19(27-20(15)28-21)26-18(24-14)12-8-17-13(9-16(12)29)23(5,7-2)11-30-17/h8-10,29H,6-7,11H2,1-5H3,(H2,24,25,26,27,28). The first-order valence-corrected chi connectivity index (χ1v) is 10.5. The van der Waals surface area contributed by atoms with Crippen molar-refractivity contribution >= 4 is 22.3 Å². The van der Waals surface area contributed by atoms with Crippen LogP contribution < -0.4 is 4.74 Å². The molecule has 0 radical (unpaired) electrons. The second-order valence-electron chi connectivity index (χ2n) is 9.20. The van der Waals surface area contributed by atoms with Crippen LogP contribution in [0, 0.1) is 0 Å². The molecule has 4 aromatic rings. The molecule has 3 aromatic heterocycles. The number of imidazole rings is 2. The lowest BCUT2D eigenvalue weighted by atomic mass is 9.82. The van der Waals surface area contributed by atoms with Crippen molar-refractivity contribution < 1.29 is 9.84 Å². The van der Waals surface area contributed by atoms with E-state index in [9.17, 15) is 5.11 Å². The van der Waals surface area contributed by atoms with Gasteiger partial charge >= 0.3 is 0 Å². The van der Waals surface area contributed by atoms with Gasteiger partial charge in [0, 0.05) is 16.4 Å². The van der Waals surface area contributed by atoms with Crippen molar-refractivity contribution in [2.75, 3.05) is 6.61 Å². The van der Waals surface area contributed by atoms with E-state index in [0.717, 1.165) is 41.0 Å². The zero-order chi connectivity index (χ0) is 21.3. The third-order valence-electron chi connectivity index (χ3n) is 6.78. The number of H-pyrrole nitrogens is 2. The highest BCUT2D eigenvalue weighted by molar-refractivity contribution is 5.87. The number of hydrogen-bond acceptors (Lipinski definition) is 5. The fourth-order valence-electron chi connectivity index (χ4n) is 3.94. The number of fused-ring (bicyclic) bond motifs is 3. The number of aromatic nitrogens is 5. The number of hydrogen-bond donors (Lipinski definition) is 3. The van der Waals surface area contributed by atoms with Crippen LogP contribution >= 0.6 is 0 Å². The number of phenolic OH excluding ortho intramolecular Hbond substituents is 1. The van der Waals surface area contributed by atoms with Gasteiger partial charge in [-0.25, -0.2) is 15.0 Å². The fourth-order valence-corrected chi connectivity index (χ4v) is 3.94. The summed E-state index contributed by atoms with van der Waals surface area (Å²) in [7, 11) is 0. The molecule has 0 bridgehead atoms. The largest absolute Gasteiger partial charge is 0.507 e. The van der Waals surface area contributed by atoms with Crippen LogP contribution in [0.3, 0.4) is 0 Å². The van der Waals surface area contributed by atoms with Crippen molar-refractivity contribution in [3.63, 3.8) is 0 Å². The van der Waals surface area contributed by atoms with Gasteiger partial charge in [0.15, 0.2) is 11.3 Å². The molecule has 7 nitrogen and oxygen atoms in total. The van der Waals surface area contributed by atoms with Crippen LogP contribution in [0.2, 0.25) is 0 Å². The Kier molecular flexibility index (Phi) is 3.91. The number of nitrogens with zero attached hydrogens (tertiary/aromatic N) is 3. The average molecular weight is 406 g/mol. The van der Waals surface area contributed by atoms with Crippen LogP contribution in [0.1, 0.15) is 58.8 Å². The third-order valence-corrected chi connectivity index (χ3v) is 6.78. The molecule has 1 atom stereocenters. The minimum Gasteiger partial charge on any atom is -0.507 e. The quantitative estimate of drug-likeness (QED) is 0.446. The molecule has 4 heterocycles. The van der Waals surface area contributed by atoms with Crippen molar-refractivity contribution in [3.05, 3.63) is 29.6 Å². The first-order chi connectivity index (χ1) is 14.2. The summed E-state index contributed by atoms with van der Waals surface area (Å²) in [6, 6.07) is 5.64. The summed E-state index contributed by atoms with van der Waals surface area (Å²) in [5.74, 6) is 2.48. The first kappa shape index (κ1) is 18.9. The van der Waals surface area contributed by atoms with Crippen LogP contribution in [-0.2, 0) is 10.8 Å². The van der Waals surface area contributed by atoms with Crippen molar-refractivity contribution in [1.82, 2.24) is 24.9 Å². The average Bonchev–Trinajstić information content (AvgIpc) is 3.41. The summed E-state index contributed by atoms with van der Waals surface area (Å²) in [6.45, 7) is 11.4. The molecule has 5 rings (SSSR count). The number of ether oxygens (including phenoxy) is 1. The zero-order valence-corrected chi connectivity index (χ0v) is 18.1. The summed E-state index contributed by atoms with van der Waals surface area (Å²) < 4.78 is 5.92. The minimum absolute atomic E-state index is 0.0454. The SMILES string of the molecule is CCC(C)(C)c1nc2nc3[nH]c(-c4cc5c(cc4O)C(C)(CC)CO5)nc3cc2[nH]1. The van der Waals surface area contributed by atoms with E-state index in [1.807, 2.05) is 18.2 Å². The summed E-state index contributed by atoms with van der Waals surface area (Å²) in [5.41, 5.74) is 4.42. The van der Waals surface area contributed by atoms with E-state index in [-0.39, 0.29) is 16.6 Å². The minimum atomic E-state index is -0.0742. The second kappa shape index (κ2) is 6.20. The number of aromatic amines is 2. The zero-order valence-electron chi connectivity index (χ0n) is 18.1. The first-order valence-electron chi connectivity index (χ1n) is 10.5. The van der Waals surface area contributed by atoms with Gasteiger partial charge in [0.1, 0.15) is 28.7 Å². The van der Waals surface area contributed by atoms with Crippen molar-refractivity contribution in [3.8, 4) is 22.9 Å². The maximum absolute atomic E-state index is 10.7. The molecule has 1 aliphatic heterocycles. The maximum Gasteiger partial charge on any atom is 0.179 e. The Hall–Kier alpha value is -3.09. The molecule has 0 fully saturated rings. The highest BCUT2D eigenvalue weighted by atomic mass is 16.5. The predicted molar refractivity (Wildman–Crippen MR) is 117 cm³/mol. The van der Waals surface area contributed by atoms with E-state index < -0.39 is 0 Å². The van der Waals surface area contributed by atoms with Crippen LogP contribution in [-0.4, -0.2) is 36.6 Å². The van der Waals surface area contributed by atoms with Crippen molar-refractivity contribution in [2.45, 2.75) is 58.3 Å². The van der Waals surface area contributed by atoms with Crippen LogP contribution in [0.5, 0.6) is 11.5 Å². The number of pyridine rings is 1. The van der Waals surface area contributed by atoms with Gasteiger partial charge in [-0.05, 0) is 31.0 Å². The second-order valence-corrected chi connectivity index (χ2v) is 9.20. The lowest BCUT2D eigenvalue weighted by Crippen LogP contribution is -2.22. The van der Waals surface area contributed by atoms with Crippen LogP contribution in [0.25, 0.3) is 33.7 Å². The van der Waals surface area contributed by atoms with E-state index in [0.29, 0.717) is 29.3 Å². The smallest absolute Gasteiger partial charge is 0.179 e. The summed E-state index contributed by atoms with van der Waals surface area (Å²) >= 11 is 0.